The minimum atomic E-state index is -4.17. The van der Waals surface area contributed by atoms with E-state index in [-0.39, 0.29) is 18.3 Å². The topological polar surface area (TPSA) is 93.1 Å². The van der Waals surface area contributed by atoms with Crippen molar-refractivity contribution < 1.29 is 26.9 Å². The first-order chi connectivity index (χ1) is 8.38. The third-order valence-electron chi connectivity index (χ3n) is 3.61. The first-order valence-corrected chi connectivity index (χ1v) is 10.2. The van der Waals surface area contributed by atoms with Crippen molar-refractivity contribution in [3.05, 3.63) is 0 Å². The van der Waals surface area contributed by atoms with Crippen LogP contribution in [0.2, 0.25) is 18.1 Å². The van der Waals surface area contributed by atoms with Crippen molar-refractivity contribution in [3.63, 3.8) is 0 Å². The zero-order chi connectivity index (χ0) is 15.1. The third-order valence-corrected chi connectivity index (χ3v) is 9.48. The summed E-state index contributed by atoms with van der Waals surface area (Å²) in [7, 11) is -6.22. The van der Waals surface area contributed by atoms with E-state index in [1.165, 1.54) is 0 Å². The fraction of sp³-hybridized carbons (Fsp3) is 0.900. The van der Waals surface area contributed by atoms with Gasteiger partial charge in [0.15, 0.2) is 8.32 Å². The zero-order valence-electron chi connectivity index (χ0n) is 11.8. The largest absolute Gasteiger partial charge is 0.464 e. The molecule has 1 N–H and O–H groups in total. The SMILES string of the molecule is CC(C)(C)[Si](C)(C)OC[C@@H]1COS(=O)(=O)N1C(=O)O. The molecule has 0 spiro atoms. The molecule has 1 fully saturated rings. The minimum absolute atomic E-state index is 0.0284. The summed E-state index contributed by atoms with van der Waals surface area (Å²) in [6, 6.07) is -0.809. The van der Waals surface area contributed by atoms with Gasteiger partial charge in [-0.25, -0.2) is 4.79 Å². The highest BCUT2D eigenvalue weighted by molar-refractivity contribution is 7.85. The Bertz CT molecular complexity index is 455. The van der Waals surface area contributed by atoms with E-state index in [0.717, 1.165) is 0 Å². The Kier molecular flexibility index (Phi) is 4.35. The van der Waals surface area contributed by atoms with Crippen molar-refractivity contribution in [1.82, 2.24) is 4.31 Å². The quantitative estimate of drug-likeness (QED) is 0.796. The normalized spacial score (nSPS) is 23.6. The van der Waals surface area contributed by atoms with Gasteiger partial charge in [0.1, 0.15) is 6.04 Å². The van der Waals surface area contributed by atoms with Gasteiger partial charge in [-0.15, -0.1) is 0 Å². The maximum Gasteiger partial charge on any atom is 0.423 e. The number of rotatable bonds is 3. The summed E-state index contributed by atoms with van der Waals surface area (Å²) in [6.45, 7) is 10.0. The van der Waals surface area contributed by atoms with Crippen LogP contribution in [0, 0.1) is 0 Å². The lowest BCUT2D eigenvalue weighted by Crippen LogP contribution is -2.47. The average Bonchev–Trinajstić information content (AvgIpc) is 2.49. The highest BCUT2D eigenvalue weighted by atomic mass is 32.2. The Hall–Kier alpha value is -0.643. The van der Waals surface area contributed by atoms with Gasteiger partial charge in [0.2, 0.25) is 0 Å². The lowest BCUT2D eigenvalue weighted by atomic mass is 10.2. The van der Waals surface area contributed by atoms with E-state index in [1.54, 1.807) is 0 Å². The number of carbonyl (C=O) groups is 1. The van der Waals surface area contributed by atoms with Crippen LogP contribution in [-0.2, 0) is 18.9 Å². The van der Waals surface area contributed by atoms with E-state index in [4.69, 9.17) is 9.53 Å². The van der Waals surface area contributed by atoms with Gasteiger partial charge in [0.25, 0.3) is 0 Å². The molecule has 1 amide bonds. The second-order valence-electron chi connectivity index (χ2n) is 6.05. The van der Waals surface area contributed by atoms with E-state index >= 15 is 0 Å². The van der Waals surface area contributed by atoms with Gasteiger partial charge in [0, 0.05) is 0 Å². The van der Waals surface area contributed by atoms with Crippen LogP contribution in [0.15, 0.2) is 0 Å². The smallest absolute Gasteiger partial charge is 0.423 e. The van der Waals surface area contributed by atoms with E-state index in [2.05, 4.69) is 25.0 Å². The summed E-state index contributed by atoms with van der Waals surface area (Å²) >= 11 is 0. The van der Waals surface area contributed by atoms with E-state index < -0.39 is 30.8 Å². The molecule has 0 aromatic rings. The highest BCUT2D eigenvalue weighted by Gasteiger charge is 2.45. The summed E-state index contributed by atoms with van der Waals surface area (Å²) in [6.07, 6.45) is -1.54. The summed E-state index contributed by atoms with van der Waals surface area (Å²) in [4.78, 5) is 11.0. The van der Waals surface area contributed by atoms with Crippen LogP contribution < -0.4 is 0 Å². The molecular formula is C10H21NO6SSi. The van der Waals surface area contributed by atoms with Crippen molar-refractivity contribution in [3.8, 4) is 0 Å². The average molecular weight is 311 g/mol. The molecule has 0 saturated carbocycles. The van der Waals surface area contributed by atoms with Gasteiger partial charge in [-0.05, 0) is 18.1 Å². The minimum Gasteiger partial charge on any atom is -0.464 e. The van der Waals surface area contributed by atoms with E-state index in [0.29, 0.717) is 4.31 Å². The molecule has 1 aliphatic heterocycles. The zero-order valence-corrected chi connectivity index (χ0v) is 13.7. The summed E-state index contributed by atoms with van der Waals surface area (Å²) in [5.74, 6) is 0. The molecule has 19 heavy (non-hydrogen) atoms. The molecule has 0 aromatic heterocycles. The van der Waals surface area contributed by atoms with Crippen LogP contribution in [-0.4, -0.2) is 51.5 Å². The van der Waals surface area contributed by atoms with Gasteiger partial charge in [-0.3, -0.25) is 4.18 Å². The Morgan fingerprint density at radius 2 is 2.00 bits per heavy atom. The maximum absolute atomic E-state index is 11.4. The summed E-state index contributed by atoms with van der Waals surface area (Å²) < 4.78 is 33.5. The second-order valence-corrected chi connectivity index (χ2v) is 12.3. The van der Waals surface area contributed by atoms with Crippen LogP contribution in [0.3, 0.4) is 0 Å². The molecule has 0 radical (unpaired) electrons. The number of amides is 1. The molecule has 1 aliphatic rings. The molecule has 1 heterocycles. The van der Waals surface area contributed by atoms with Crippen LogP contribution in [0.25, 0.3) is 0 Å². The van der Waals surface area contributed by atoms with Gasteiger partial charge in [0.05, 0.1) is 13.2 Å². The Labute approximate surface area is 114 Å². The molecule has 7 nitrogen and oxygen atoms in total. The van der Waals surface area contributed by atoms with Crippen molar-refractivity contribution in [2.24, 2.45) is 0 Å². The predicted molar refractivity (Wildman–Crippen MR) is 71.7 cm³/mol. The van der Waals surface area contributed by atoms with E-state index in [1.807, 2.05) is 13.1 Å². The van der Waals surface area contributed by atoms with Gasteiger partial charge in [-0.2, -0.15) is 12.7 Å². The van der Waals surface area contributed by atoms with Crippen LogP contribution in [0.5, 0.6) is 0 Å². The third kappa shape index (κ3) is 3.47. The molecule has 0 aromatic carbocycles. The van der Waals surface area contributed by atoms with Crippen molar-refractivity contribution in [1.29, 1.82) is 0 Å². The molecule has 1 saturated heterocycles. The van der Waals surface area contributed by atoms with Gasteiger partial charge in [-0.1, -0.05) is 20.8 Å². The van der Waals surface area contributed by atoms with Gasteiger partial charge < -0.3 is 9.53 Å². The second kappa shape index (κ2) is 5.04. The number of hydrogen-bond donors (Lipinski definition) is 1. The fourth-order valence-corrected chi connectivity index (χ4v) is 3.52. The summed E-state index contributed by atoms with van der Waals surface area (Å²) in [5.41, 5.74) is 0. The molecule has 0 aliphatic carbocycles. The monoisotopic (exact) mass is 311 g/mol. The Morgan fingerprint density at radius 3 is 2.42 bits per heavy atom. The molecule has 0 unspecified atom stereocenters. The molecule has 1 atom stereocenters. The first-order valence-electron chi connectivity index (χ1n) is 5.94. The molecule has 1 rings (SSSR count). The summed E-state index contributed by atoms with van der Waals surface area (Å²) in [5, 5.41) is 8.90. The van der Waals surface area contributed by atoms with Crippen molar-refractivity contribution >= 4 is 24.7 Å². The number of hydrogen-bond acceptors (Lipinski definition) is 5. The fourth-order valence-electron chi connectivity index (χ4n) is 1.36. The predicted octanol–water partition coefficient (Wildman–Crippen LogP) is 1.63. The highest BCUT2D eigenvalue weighted by Crippen LogP contribution is 2.37. The van der Waals surface area contributed by atoms with Crippen LogP contribution in [0.4, 0.5) is 4.79 Å². The standard InChI is InChI=1S/C10H21NO6SSi/c1-10(2,3)19(4,5)17-7-8-6-16-18(14,15)11(8)9(12)13/h8H,6-7H2,1-5H3,(H,12,13)/t8-/m0/s1. The van der Waals surface area contributed by atoms with E-state index in [9.17, 15) is 13.2 Å². The number of nitrogens with zero attached hydrogens (tertiary/aromatic N) is 1. The van der Waals surface area contributed by atoms with Crippen molar-refractivity contribution in [2.75, 3.05) is 13.2 Å². The Morgan fingerprint density at radius 1 is 1.47 bits per heavy atom. The molecular weight excluding hydrogens is 290 g/mol. The van der Waals surface area contributed by atoms with Crippen LogP contribution >= 0.6 is 0 Å². The molecule has 9 heteroatoms. The lowest BCUT2D eigenvalue weighted by molar-refractivity contribution is 0.144. The van der Waals surface area contributed by atoms with Crippen molar-refractivity contribution in [2.45, 2.75) is 44.9 Å². The van der Waals surface area contributed by atoms with Gasteiger partial charge >= 0.3 is 16.4 Å². The number of carboxylic acid groups (broad SMARTS) is 1. The van der Waals surface area contributed by atoms with Crippen LogP contribution in [0.1, 0.15) is 20.8 Å². The molecule has 0 bridgehead atoms. The maximum atomic E-state index is 11.4. The first kappa shape index (κ1) is 16.4. The molecule has 112 valence electrons. The Balaban J connectivity index is 2.77. The lowest BCUT2D eigenvalue weighted by Gasteiger charge is -2.37.